The Balaban J connectivity index is 2.39. The second-order valence-corrected chi connectivity index (χ2v) is 4.83. The van der Waals surface area contributed by atoms with Gasteiger partial charge in [-0.3, -0.25) is 4.79 Å². The molecular weight excluding hydrogens is 264 g/mol. The van der Waals surface area contributed by atoms with Crippen LogP contribution in [0.5, 0.6) is 0 Å². The van der Waals surface area contributed by atoms with Crippen LogP contribution < -0.4 is 10.6 Å². The fraction of sp³-hybridized carbons (Fsp3) is 0.214. The Labute approximate surface area is 116 Å². The molecule has 4 nitrogen and oxygen atoms in total. The van der Waals surface area contributed by atoms with Crippen LogP contribution in [0.25, 0.3) is 0 Å². The van der Waals surface area contributed by atoms with Gasteiger partial charge in [-0.1, -0.05) is 11.6 Å². The highest BCUT2D eigenvalue weighted by atomic mass is 35.5. The molecule has 0 aliphatic heterocycles. The van der Waals surface area contributed by atoms with E-state index in [2.05, 4.69) is 0 Å². The van der Waals surface area contributed by atoms with Gasteiger partial charge in [-0.2, -0.15) is 0 Å². The third kappa shape index (κ3) is 2.58. The summed E-state index contributed by atoms with van der Waals surface area (Å²) < 4.78 is 5.37. The molecule has 1 amide bonds. The zero-order valence-corrected chi connectivity index (χ0v) is 11.8. The van der Waals surface area contributed by atoms with E-state index < -0.39 is 0 Å². The van der Waals surface area contributed by atoms with Crippen LogP contribution in [-0.2, 0) is 0 Å². The first-order valence-corrected chi connectivity index (χ1v) is 6.18. The Hall–Kier alpha value is -1.94. The summed E-state index contributed by atoms with van der Waals surface area (Å²) in [5.74, 6) is 1.12. The Morgan fingerprint density at radius 2 is 2.00 bits per heavy atom. The lowest BCUT2D eigenvalue weighted by molar-refractivity contribution is 0.0991. The molecule has 0 aliphatic rings. The van der Waals surface area contributed by atoms with Crippen LogP contribution in [0.2, 0.25) is 5.02 Å². The van der Waals surface area contributed by atoms with Crippen molar-refractivity contribution in [2.75, 3.05) is 17.7 Å². The summed E-state index contributed by atoms with van der Waals surface area (Å²) in [5.41, 5.74) is 7.48. The Morgan fingerprint density at radius 1 is 1.32 bits per heavy atom. The van der Waals surface area contributed by atoms with Crippen LogP contribution in [0.4, 0.5) is 11.4 Å². The number of amides is 1. The minimum Gasteiger partial charge on any atom is -0.466 e. The molecule has 100 valence electrons. The van der Waals surface area contributed by atoms with E-state index >= 15 is 0 Å². The van der Waals surface area contributed by atoms with Gasteiger partial charge in [0.25, 0.3) is 5.91 Å². The van der Waals surface area contributed by atoms with Crippen LogP contribution in [-0.4, -0.2) is 13.0 Å². The van der Waals surface area contributed by atoms with Gasteiger partial charge in [-0.05, 0) is 38.1 Å². The van der Waals surface area contributed by atoms with Gasteiger partial charge >= 0.3 is 0 Å². The molecule has 0 atom stereocenters. The number of halogens is 1. The lowest BCUT2D eigenvalue weighted by atomic mass is 10.2. The molecule has 2 N–H and O–H groups in total. The largest absolute Gasteiger partial charge is 0.466 e. The quantitative estimate of drug-likeness (QED) is 0.857. The summed E-state index contributed by atoms with van der Waals surface area (Å²) in [4.78, 5) is 13.9. The average Bonchev–Trinajstić information content (AvgIpc) is 2.69. The summed E-state index contributed by atoms with van der Waals surface area (Å²) in [6, 6.07) is 6.74. The van der Waals surface area contributed by atoms with Gasteiger partial charge in [0.05, 0.1) is 16.9 Å². The fourth-order valence-corrected chi connectivity index (χ4v) is 2.11. The Kier molecular flexibility index (Phi) is 3.53. The van der Waals surface area contributed by atoms with Gasteiger partial charge in [0.1, 0.15) is 11.5 Å². The predicted molar refractivity (Wildman–Crippen MR) is 76.8 cm³/mol. The van der Waals surface area contributed by atoms with E-state index in [1.54, 1.807) is 45.2 Å². The molecular formula is C14H15ClN2O2. The molecule has 5 heteroatoms. The number of aryl methyl sites for hydroxylation is 2. The van der Waals surface area contributed by atoms with E-state index in [9.17, 15) is 4.79 Å². The maximum Gasteiger partial charge on any atom is 0.261 e. The number of hydrogen-bond acceptors (Lipinski definition) is 3. The van der Waals surface area contributed by atoms with Crippen molar-refractivity contribution in [2.24, 2.45) is 0 Å². The summed E-state index contributed by atoms with van der Waals surface area (Å²) in [7, 11) is 1.66. The number of nitrogens with zero attached hydrogens (tertiary/aromatic N) is 1. The van der Waals surface area contributed by atoms with E-state index in [-0.39, 0.29) is 5.91 Å². The molecule has 19 heavy (non-hydrogen) atoms. The summed E-state index contributed by atoms with van der Waals surface area (Å²) in [6.45, 7) is 3.56. The van der Waals surface area contributed by atoms with Crippen LogP contribution in [0, 0.1) is 13.8 Å². The van der Waals surface area contributed by atoms with Crippen LogP contribution >= 0.6 is 11.6 Å². The van der Waals surface area contributed by atoms with E-state index in [1.807, 2.05) is 0 Å². The summed E-state index contributed by atoms with van der Waals surface area (Å²) in [6.07, 6.45) is 0. The molecule has 0 bridgehead atoms. The second-order valence-electron chi connectivity index (χ2n) is 4.39. The predicted octanol–water partition coefficient (Wildman–Crippen LogP) is 3.41. The minimum atomic E-state index is -0.177. The van der Waals surface area contributed by atoms with Crippen molar-refractivity contribution in [3.8, 4) is 0 Å². The molecule has 0 spiro atoms. The Morgan fingerprint density at radius 3 is 2.58 bits per heavy atom. The molecule has 2 aromatic rings. The second kappa shape index (κ2) is 4.97. The van der Waals surface area contributed by atoms with Gasteiger partial charge in [-0.25, -0.2) is 0 Å². The van der Waals surface area contributed by atoms with Gasteiger partial charge in [0.2, 0.25) is 0 Å². The molecule has 1 heterocycles. The number of furan rings is 1. The SMILES string of the molecule is Cc1cc(C(=O)N(C)c2cc(Cl)ccc2N)c(C)o1. The van der Waals surface area contributed by atoms with Crippen molar-refractivity contribution in [1.29, 1.82) is 0 Å². The third-order valence-electron chi connectivity index (χ3n) is 2.93. The van der Waals surface area contributed by atoms with E-state index in [1.165, 1.54) is 4.90 Å². The zero-order valence-electron chi connectivity index (χ0n) is 11.0. The number of carbonyl (C=O) groups is 1. The molecule has 0 unspecified atom stereocenters. The average molecular weight is 279 g/mol. The third-order valence-corrected chi connectivity index (χ3v) is 3.16. The molecule has 1 aromatic heterocycles. The van der Waals surface area contributed by atoms with E-state index in [0.717, 1.165) is 0 Å². The molecule has 0 fully saturated rings. The highest BCUT2D eigenvalue weighted by Crippen LogP contribution is 2.28. The molecule has 0 saturated heterocycles. The van der Waals surface area contributed by atoms with E-state index in [4.69, 9.17) is 21.8 Å². The fourth-order valence-electron chi connectivity index (χ4n) is 1.94. The maximum atomic E-state index is 12.4. The molecule has 0 aliphatic carbocycles. The maximum absolute atomic E-state index is 12.4. The summed E-state index contributed by atoms with van der Waals surface area (Å²) >= 11 is 5.93. The Bertz CT molecular complexity index is 634. The molecule has 0 saturated carbocycles. The number of nitrogens with two attached hydrogens (primary N) is 1. The van der Waals surface area contributed by atoms with Gasteiger partial charge in [-0.15, -0.1) is 0 Å². The van der Waals surface area contributed by atoms with E-state index in [0.29, 0.717) is 33.5 Å². The van der Waals surface area contributed by atoms with Crippen LogP contribution in [0.3, 0.4) is 0 Å². The highest BCUT2D eigenvalue weighted by Gasteiger charge is 2.20. The lowest BCUT2D eigenvalue weighted by Crippen LogP contribution is -2.27. The lowest BCUT2D eigenvalue weighted by Gasteiger charge is -2.19. The molecule has 1 aromatic carbocycles. The normalized spacial score (nSPS) is 10.5. The van der Waals surface area contributed by atoms with Crippen molar-refractivity contribution in [2.45, 2.75) is 13.8 Å². The van der Waals surface area contributed by atoms with Crippen molar-refractivity contribution < 1.29 is 9.21 Å². The minimum absolute atomic E-state index is 0.177. The number of carbonyl (C=O) groups excluding carboxylic acids is 1. The molecule has 0 radical (unpaired) electrons. The van der Waals surface area contributed by atoms with Crippen molar-refractivity contribution >= 4 is 28.9 Å². The molecule has 2 rings (SSSR count). The van der Waals surface area contributed by atoms with Crippen LogP contribution in [0.15, 0.2) is 28.7 Å². The first-order chi connectivity index (χ1) is 8.90. The van der Waals surface area contributed by atoms with Crippen molar-refractivity contribution in [3.63, 3.8) is 0 Å². The number of hydrogen-bond donors (Lipinski definition) is 1. The zero-order chi connectivity index (χ0) is 14.2. The smallest absolute Gasteiger partial charge is 0.261 e. The topological polar surface area (TPSA) is 59.5 Å². The van der Waals surface area contributed by atoms with Gasteiger partial charge < -0.3 is 15.1 Å². The first kappa shape index (κ1) is 13.5. The number of anilines is 2. The van der Waals surface area contributed by atoms with Crippen molar-refractivity contribution in [3.05, 3.63) is 46.4 Å². The number of rotatable bonds is 2. The monoisotopic (exact) mass is 278 g/mol. The van der Waals surface area contributed by atoms with Gasteiger partial charge in [0, 0.05) is 12.1 Å². The standard InChI is InChI=1S/C14H15ClN2O2/c1-8-6-11(9(2)19-8)14(18)17(3)13-7-10(15)4-5-12(13)16/h4-7H,16H2,1-3H3. The first-order valence-electron chi connectivity index (χ1n) is 5.80. The number of nitrogen functional groups attached to an aromatic ring is 1. The highest BCUT2D eigenvalue weighted by molar-refractivity contribution is 6.31. The summed E-state index contributed by atoms with van der Waals surface area (Å²) in [5, 5.41) is 0.531. The number of benzene rings is 1. The van der Waals surface area contributed by atoms with Crippen molar-refractivity contribution in [1.82, 2.24) is 0 Å². The van der Waals surface area contributed by atoms with Gasteiger partial charge in [0.15, 0.2) is 0 Å². The van der Waals surface area contributed by atoms with Crippen LogP contribution in [0.1, 0.15) is 21.9 Å².